The number of benzene rings is 9. The number of hydrogen-bond donors (Lipinski definition) is 0. The standard InChI is InChI=1S/C52H33N3/c1-3-12-37(13-4-1)52-54-51-48(55(52)44-15-5-2-6-16-44)30-29-46-45-17-9-10-18-47(45)53-50(49(46)51)36-22-19-35(20-23-36)39-25-26-42-33-43(28-27-41(42)32-39)40-24-21-34-11-7-8-14-38(34)31-40/h1-33H. The Morgan fingerprint density at radius 3 is 1.62 bits per heavy atom. The molecular weight excluding hydrogens is 667 g/mol. The van der Waals surface area contributed by atoms with Crippen LogP contribution in [0.4, 0.5) is 0 Å². The average Bonchev–Trinajstić information content (AvgIpc) is 3.66. The van der Waals surface area contributed by atoms with Crippen molar-refractivity contribution in [3.8, 4) is 50.6 Å². The van der Waals surface area contributed by atoms with Crippen molar-refractivity contribution in [3.63, 3.8) is 0 Å². The van der Waals surface area contributed by atoms with Crippen LogP contribution in [0.15, 0.2) is 200 Å². The van der Waals surface area contributed by atoms with E-state index in [9.17, 15) is 0 Å². The number of para-hydroxylation sites is 2. The van der Waals surface area contributed by atoms with Gasteiger partial charge in [-0.15, -0.1) is 0 Å². The fourth-order valence-electron chi connectivity index (χ4n) is 8.21. The molecule has 3 nitrogen and oxygen atoms in total. The molecule has 256 valence electrons. The lowest BCUT2D eigenvalue weighted by molar-refractivity contribution is 1.10. The SMILES string of the molecule is c1ccc(-c2nc3c4c(-c5ccc(-c6ccc7cc(-c8ccc9ccccc9c8)ccc7c6)cc5)nc5ccccc5c4ccc3n2-c2ccccc2)cc1. The molecule has 3 heteroatoms. The lowest BCUT2D eigenvalue weighted by atomic mass is 9.95. The topological polar surface area (TPSA) is 30.7 Å². The Morgan fingerprint density at radius 1 is 0.345 bits per heavy atom. The van der Waals surface area contributed by atoms with Crippen LogP contribution in [0.5, 0.6) is 0 Å². The summed E-state index contributed by atoms with van der Waals surface area (Å²) in [5.41, 5.74) is 11.9. The van der Waals surface area contributed by atoms with E-state index in [2.05, 4.69) is 199 Å². The zero-order valence-corrected chi connectivity index (χ0v) is 29.9. The van der Waals surface area contributed by atoms with Crippen LogP contribution in [-0.4, -0.2) is 14.5 Å². The Balaban J connectivity index is 1.03. The number of aromatic nitrogens is 3. The predicted molar refractivity (Wildman–Crippen MR) is 231 cm³/mol. The molecule has 0 aliphatic carbocycles. The first-order valence-corrected chi connectivity index (χ1v) is 18.7. The minimum Gasteiger partial charge on any atom is -0.292 e. The maximum Gasteiger partial charge on any atom is 0.145 e. The third-order valence-electron chi connectivity index (χ3n) is 11.0. The van der Waals surface area contributed by atoms with E-state index in [1.54, 1.807) is 0 Å². The third kappa shape index (κ3) is 5.28. The van der Waals surface area contributed by atoms with Crippen molar-refractivity contribution in [2.24, 2.45) is 0 Å². The molecule has 0 saturated heterocycles. The molecule has 9 aromatic carbocycles. The normalized spacial score (nSPS) is 11.6. The van der Waals surface area contributed by atoms with Gasteiger partial charge in [0.15, 0.2) is 0 Å². The maximum atomic E-state index is 5.44. The van der Waals surface area contributed by atoms with Crippen LogP contribution in [-0.2, 0) is 0 Å². The van der Waals surface area contributed by atoms with Gasteiger partial charge in [0.1, 0.15) is 5.82 Å². The highest BCUT2D eigenvalue weighted by Crippen LogP contribution is 2.40. The molecule has 2 aromatic heterocycles. The van der Waals surface area contributed by atoms with Crippen LogP contribution >= 0.6 is 0 Å². The smallest absolute Gasteiger partial charge is 0.145 e. The van der Waals surface area contributed by atoms with Crippen LogP contribution in [0.25, 0.3) is 105 Å². The first-order chi connectivity index (χ1) is 27.2. The molecule has 11 aromatic rings. The highest BCUT2D eigenvalue weighted by Gasteiger charge is 2.21. The average molecular weight is 700 g/mol. The summed E-state index contributed by atoms with van der Waals surface area (Å²) in [6.45, 7) is 0. The van der Waals surface area contributed by atoms with Gasteiger partial charge in [0.2, 0.25) is 0 Å². The highest BCUT2D eigenvalue weighted by atomic mass is 15.1. The van der Waals surface area contributed by atoms with Crippen molar-refractivity contribution >= 4 is 54.3 Å². The van der Waals surface area contributed by atoms with Crippen molar-refractivity contribution in [2.45, 2.75) is 0 Å². The maximum absolute atomic E-state index is 5.44. The summed E-state index contributed by atoms with van der Waals surface area (Å²) in [4.78, 5) is 10.8. The van der Waals surface area contributed by atoms with Crippen molar-refractivity contribution in [2.75, 3.05) is 0 Å². The van der Waals surface area contributed by atoms with Crippen LogP contribution in [0.3, 0.4) is 0 Å². The van der Waals surface area contributed by atoms with Crippen molar-refractivity contribution in [3.05, 3.63) is 200 Å². The minimum atomic E-state index is 0.907. The molecule has 0 N–H and O–H groups in total. The minimum absolute atomic E-state index is 0.907. The number of hydrogen-bond acceptors (Lipinski definition) is 2. The van der Waals surface area contributed by atoms with Crippen LogP contribution < -0.4 is 0 Å². The number of imidazole rings is 1. The summed E-state index contributed by atoms with van der Waals surface area (Å²) in [7, 11) is 0. The summed E-state index contributed by atoms with van der Waals surface area (Å²) < 4.78 is 2.27. The van der Waals surface area contributed by atoms with E-state index in [1.165, 1.54) is 43.8 Å². The Labute approximate surface area is 318 Å². The highest BCUT2D eigenvalue weighted by molar-refractivity contribution is 6.20. The second-order valence-electron chi connectivity index (χ2n) is 14.2. The van der Waals surface area contributed by atoms with Gasteiger partial charge in [-0.05, 0) is 91.6 Å². The van der Waals surface area contributed by atoms with E-state index in [0.717, 1.165) is 61.0 Å². The van der Waals surface area contributed by atoms with Crippen LogP contribution in [0.2, 0.25) is 0 Å². The molecule has 55 heavy (non-hydrogen) atoms. The van der Waals surface area contributed by atoms with Gasteiger partial charge >= 0.3 is 0 Å². The van der Waals surface area contributed by atoms with Gasteiger partial charge in [0.25, 0.3) is 0 Å². The van der Waals surface area contributed by atoms with Crippen molar-refractivity contribution < 1.29 is 0 Å². The Morgan fingerprint density at radius 2 is 0.891 bits per heavy atom. The first-order valence-electron chi connectivity index (χ1n) is 18.7. The molecular formula is C52H33N3. The fraction of sp³-hybridized carbons (Fsp3) is 0. The van der Waals surface area contributed by atoms with Gasteiger partial charge in [-0.3, -0.25) is 4.57 Å². The molecule has 0 atom stereocenters. The molecule has 0 radical (unpaired) electrons. The second-order valence-corrected chi connectivity index (χ2v) is 14.2. The Hall–Kier alpha value is -7.36. The molecule has 0 unspecified atom stereocenters. The Kier molecular flexibility index (Phi) is 7.17. The number of rotatable bonds is 5. The second kappa shape index (κ2) is 12.6. The van der Waals surface area contributed by atoms with E-state index >= 15 is 0 Å². The summed E-state index contributed by atoms with van der Waals surface area (Å²) in [5.74, 6) is 0.907. The van der Waals surface area contributed by atoms with Gasteiger partial charge in [-0.2, -0.15) is 0 Å². The molecule has 11 rings (SSSR count). The summed E-state index contributed by atoms with van der Waals surface area (Å²) in [6.07, 6.45) is 0. The molecule has 0 spiro atoms. The molecule has 2 heterocycles. The quantitative estimate of drug-likeness (QED) is 0.167. The van der Waals surface area contributed by atoms with E-state index in [4.69, 9.17) is 9.97 Å². The van der Waals surface area contributed by atoms with Crippen LogP contribution in [0, 0.1) is 0 Å². The fourth-order valence-corrected chi connectivity index (χ4v) is 8.21. The van der Waals surface area contributed by atoms with Gasteiger partial charge in [-0.25, -0.2) is 9.97 Å². The van der Waals surface area contributed by atoms with Gasteiger partial charge in [0, 0.05) is 27.6 Å². The number of nitrogens with zero attached hydrogens (tertiary/aromatic N) is 3. The van der Waals surface area contributed by atoms with Gasteiger partial charge in [0.05, 0.1) is 22.2 Å². The van der Waals surface area contributed by atoms with Crippen molar-refractivity contribution in [1.29, 1.82) is 0 Å². The van der Waals surface area contributed by atoms with Gasteiger partial charge in [-0.1, -0.05) is 158 Å². The predicted octanol–water partition coefficient (Wildman–Crippen LogP) is 13.7. The third-order valence-corrected chi connectivity index (χ3v) is 11.0. The van der Waals surface area contributed by atoms with E-state index in [1.807, 2.05) is 6.07 Å². The zero-order valence-electron chi connectivity index (χ0n) is 29.9. The molecule has 0 saturated carbocycles. The van der Waals surface area contributed by atoms with E-state index in [-0.39, 0.29) is 0 Å². The molecule has 0 amide bonds. The van der Waals surface area contributed by atoms with Crippen molar-refractivity contribution in [1.82, 2.24) is 14.5 Å². The van der Waals surface area contributed by atoms with Crippen LogP contribution in [0.1, 0.15) is 0 Å². The summed E-state index contributed by atoms with van der Waals surface area (Å²) in [6, 6.07) is 71.5. The summed E-state index contributed by atoms with van der Waals surface area (Å²) >= 11 is 0. The number of pyridine rings is 1. The zero-order chi connectivity index (χ0) is 36.3. The van der Waals surface area contributed by atoms with E-state index in [0.29, 0.717) is 0 Å². The van der Waals surface area contributed by atoms with E-state index < -0.39 is 0 Å². The lowest BCUT2D eigenvalue weighted by Crippen LogP contribution is -1.97. The molecule has 0 bridgehead atoms. The molecule has 0 aliphatic rings. The van der Waals surface area contributed by atoms with Gasteiger partial charge < -0.3 is 0 Å². The molecule has 0 aliphatic heterocycles. The largest absolute Gasteiger partial charge is 0.292 e. The summed E-state index contributed by atoms with van der Waals surface area (Å²) in [5, 5.41) is 8.29. The monoisotopic (exact) mass is 699 g/mol. The first kappa shape index (κ1) is 31.2. The molecule has 0 fully saturated rings. The Bertz CT molecular complexity index is 3230. The number of fused-ring (bicyclic) bond motifs is 7. The lowest BCUT2D eigenvalue weighted by Gasteiger charge is -2.13.